The van der Waals surface area contributed by atoms with Crippen molar-refractivity contribution in [1.82, 2.24) is 10.2 Å². The molecule has 1 fully saturated rings. The Morgan fingerprint density at radius 2 is 1.82 bits per heavy atom. The van der Waals surface area contributed by atoms with Gasteiger partial charge in [-0.15, -0.1) is 0 Å². The molecule has 1 N–H and O–H groups in total. The number of benzene rings is 1. The minimum absolute atomic E-state index is 0.313. The summed E-state index contributed by atoms with van der Waals surface area (Å²) in [7, 11) is 0. The number of hydrogen-bond acceptors (Lipinski definition) is 2. The molecule has 0 aliphatic carbocycles. The molecule has 1 heterocycles. The minimum Gasteiger partial charge on any atom is -0.312 e. The lowest BCUT2D eigenvalue weighted by Crippen LogP contribution is -2.33. The van der Waals surface area contributed by atoms with Gasteiger partial charge in [0.2, 0.25) is 0 Å². The van der Waals surface area contributed by atoms with Gasteiger partial charge in [-0.05, 0) is 62.9 Å². The van der Waals surface area contributed by atoms with E-state index in [1.165, 1.54) is 27.2 Å². The Morgan fingerprint density at radius 3 is 2.41 bits per heavy atom. The molecule has 0 amide bonds. The molecule has 1 aliphatic rings. The molecule has 22 heavy (non-hydrogen) atoms. The van der Waals surface area contributed by atoms with Crippen LogP contribution in [0, 0.1) is 26.7 Å². The van der Waals surface area contributed by atoms with Crippen molar-refractivity contribution in [1.29, 1.82) is 0 Å². The zero-order chi connectivity index (χ0) is 16.3. The summed E-state index contributed by atoms with van der Waals surface area (Å²) in [5.41, 5.74) is 5.11. The summed E-state index contributed by atoms with van der Waals surface area (Å²) in [5, 5.41) is 3.42. The molecule has 2 rings (SSSR count). The number of aryl methyl sites for hydroxylation is 3. The summed E-state index contributed by atoms with van der Waals surface area (Å²) in [6, 6.07) is 4.34. The van der Waals surface area contributed by atoms with Gasteiger partial charge in [-0.3, -0.25) is 4.90 Å². The van der Waals surface area contributed by atoms with Crippen molar-refractivity contribution in [3.05, 3.63) is 34.4 Å². The highest BCUT2D eigenvalue weighted by molar-refractivity contribution is 5.37. The molecule has 1 aliphatic heterocycles. The highest BCUT2D eigenvalue weighted by Crippen LogP contribution is 2.22. The Hall–Kier alpha value is -1.07. The number of nitrogens with zero attached hydrogens (tertiary/aromatic N) is 1. The van der Waals surface area contributed by atoms with Crippen molar-refractivity contribution in [2.24, 2.45) is 5.92 Å². The van der Waals surface area contributed by atoms with Crippen LogP contribution < -0.4 is 5.32 Å². The molecular weight excluding hydrogens is 289 g/mol. The Labute approximate surface area is 130 Å². The second kappa shape index (κ2) is 7.01. The van der Waals surface area contributed by atoms with E-state index in [9.17, 15) is 13.2 Å². The summed E-state index contributed by atoms with van der Waals surface area (Å²) in [5.74, 6) is 0.313. The van der Waals surface area contributed by atoms with Crippen LogP contribution in [0.4, 0.5) is 13.2 Å². The normalized spacial score (nSPS) is 19.8. The summed E-state index contributed by atoms with van der Waals surface area (Å²) in [6.45, 7) is 8.18. The third-order valence-corrected chi connectivity index (χ3v) is 4.35. The molecule has 2 nitrogen and oxygen atoms in total. The van der Waals surface area contributed by atoms with Crippen LogP contribution in [0.1, 0.15) is 28.7 Å². The lowest BCUT2D eigenvalue weighted by molar-refractivity contribution is -0.143. The van der Waals surface area contributed by atoms with E-state index in [4.69, 9.17) is 0 Å². The maximum Gasteiger partial charge on any atom is 0.401 e. The van der Waals surface area contributed by atoms with E-state index in [1.54, 1.807) is 0 Å². The van der Waals surface area contributed by atoms with Crippen LogP contribution >= 0.6 is 0 Å². The first kappa shape index (κ1) is 17.3. The fraction of sp³-hybridized carbons (Fsp3) is 0.647. The monoisotopic (exact) mass is 314 g/mol. The molecule has 5 heteroatoms. The highest BCUT2D eigenvalue weighted by Gasteiger charge is 2.34. The minimum atomic E-state index is -4.08. The molecule has 124 valence electrons. The summed E-state index contributed by atoms with van der Waals surface area (Å²) in [6.07, 6.45) is -3.24. The Balaban J connectivity index is 1.78. The summed E-state index contributed by atoms with van der Waals surface area (Å²) >= 11 is 0. The second-order valence-electron chi connectivity index (χ2n) is 6.51. The predicted molar refractivity (Wildman–Crippen MR) is 83.0 cm³/mol. The SMILES string of the molecule is Cc1cc(C)c(CNCC2CCN(CC(F)(F)F)C2)c(C)c1. The van der Waals surface area contributed by atoms with Crippen LogP contribution in [-0.4, -0.2) is 37.3 Å². The molecule has 0 aromatic heterocycles. The summed E-state index contributed by atoms with van der Waals surface area (Å²) in [4.78, 5) is 1.51. The van der Waals surface area contributed by atoms with Gasteiger partial charge in [0, 0.05) is 13.1 Å². The first-order valence-electron chi connectivity index (χ1n) is 7.81. The van der Waals surface area contributed by atoms with E-state index in [-0.39, 0.29) is 0 Å². The van der Waals surface area contributed by atoms with Crippen molar-refractivity contribution < 1.29 is 13.2 Å². The summed E-state index contributed by atoms with van der Waals surface area (Å²) < 4.78 is 37.1. The maximum atomic E-state index is 12.4. The number of rotatable bonds is 5. The van der Waals surface area contributed by atoms with E-state index in [0.717, 1.165) is 19.5 Å². The lowest BCUT2D eigenvalue weighted by Gasteiger charge is -2.18. The lowest BCUT2D eigenvalue weighted by atomic mass is 9.99. The Kier molecular flexibility index (Phi) is 5.50. The standard InChI is InChI=1S/C17H25F3N2/c1-12-6-13(2)16(14(3)7-12)9-21-8-15-4-5-22(10-15)11-17(18,19)20/h6-7,15,21H,4-5,8-11H2,1-3H3. The fourth-order valence-electron chi connectivity index (χ4n) is 3.37. The van der Waals surface area contributed by atoms with Gasteiger partial charge < -0.3 is 5.32 Å². The smallest absolute Gasteiger partial charge is 0.312 e. The Morgan fingerprint density at radius 1 is 1.18 bits per heavy atom. The number of hydrogen-bond donors (Lipinski definition) is 1. The van der Waals surface area contributed by atoms with E-state index in [2.05, 4.69) is 38.2 Å². The highest BCUT2D eigenvalue weighted by atomic mass is 19.4. The first-order chi connectivity index (χ1) is 10.2. The van der Waals surface area contributed by atoms with Crippen molar-refractivity contribution in [3.63, 3.8) is 0 Å². The number of nitrogens with one attached hydrogen (secondary N) is 1. The molecule has 1 aromatic rings. The van der Waals surface area contributed by atoms with Crippen LogP contribution in [0.15, 0.2) is 12.1 Å². The average Bonchev–Trinajstić information content (AvgIpc) is 2.77. The van der Waals surface area contributed by atoms with Gasteiger partial charge in [-0.2, -0.15) is 13.2 Å². The van der Waals surface area contributed by atoms with E-state index >= 15 is 0 Å². The maximum absolute atomic E-state index is 12.4. The van der Waals surface area contributed by atoms with Gasteiger partial charge >= 0.3 is 6.18 Å². The molecule has 0 bridgehead atoms. The van der Waals surface area contributed by atoms with Crippen LogP contribution in [0.25, 0.3) is 0 Å². The molecule has 1 saturated heterocycles. The third-order valence-electron chi connectivity index (χ3n) is 4.35. The fourth-order valence-corrected chi connectivity index (χ4v) is 3.37. The predicted octanol–water partition coefficient (Wildman–Crippen LogP) is 3.59. The number of halogens is 3. The van der Waals surface area contributed by atoms with Crippen LogP contribution in [-0.2, 0) is 6.54 Å². The van der Waals surface area contributed by atoms with Gasteiger partial charge in [0.15, 0.2) is 0 Å². The van der Waals surface area contributed by atoms with E-state index in [1.807, 2.05) is 0 Å². The topological polar surface area (TPSA) is 15.3 Å². The molecular formula is C17H25F3N2. The molecule has 0 spiro atoms. The van der Waals surface area contributed by atoms with Crippen LogP contribution in [0.5, 0.6) is 0 Å². The van der Waals surface area contributed by atoms with Crippen LogP contribution in [0.2, 0.25) is 0 Å². The largest absolute Gasteiger partial charge is 0.401 e. The molecule has 0 saturated carbocycles. The molecule has 1 unspecified atom stereocenters. The van der Waals surface area contributed by atoms with Gasteiger partial charge in [0.05, 0.1) is 6.54 Å². The van der Waals surface area contributed by atoms with Gasteiger partial charge in [-0.25, -0.2) is 0 Å². The third kappa shape index (κ3) is 4.99. The van der Waals surface area contributed by atoms with Crippen LogP contribution in [0.3, 0.4) is 0 Å². The first-order valence-corrected chi connectivity index (χ1v) is 7.81. The van der Waals surface area contributed by atoms with Crippen molar-refractivity contribution in [2.75, 3.05) is 26.2 Å². The van der Waals surface area contributed by atoms with Crippen molar-refractivity contribution in [3.8, 4) is 0 Å². The molecule has 1 aromatic carbocycles. The van der Waals surface area contributed by atoms with Gasteiger partial charge in [0.25, 0.3) is 0 Å². The molecule has 1 atom stereocenters. The van der Waals surface area contributed by atoms with E-state index < -0.39 is 12.7 Å². The number of alkyl halides is 3. The zero-order valence-corrected chi connectivity index (χ0v) is 13.6. The van der Waals surface area contributed by atoms with Crippen molar-refractivity contribution >= 4 is 0 Å². The zero-order valence-electron chi connectivity index (χ0n) is 13.6. The quantitative estimate of drug-likeness (QED) is 0.893. The van der Waals surface area contributed by atoms with Gasteiger partial charge in [0.1, 0.15) is 0 Å². The average molecular weight is 314 g/mol. The van der Waals surface area contributed by atoms with Crippen molar-refractivity contribution in [2.45, 2.75) is 39.9 Å². The number of likely N-dealkylation sites (tertiary alicyclic amines) is 1. The van der Waals surface area contributed by atoms with E-state index in [0.29, 0.717) is 19.0 Å². The Bertz CT molecular complexity index is 488. The molecule has 0 radical (unpaired) electrons. The van der Waals surface area contributed by atoms with Gasteiger partial charge in [-0.1, -0.05) is 17.7 Å². The second-order valence-corrected chi connectivity index (χ2v) is 6.51.